The number of halogens is 2. The van der Waals surface area contributed by atoms with E-state index in [9.17, 15) is 13.6 Å². The number of nitrogens with one attached hydrogen (secondary N) is 1. The number of carbonyl (C=O) groups excluding carboxylic acids is 1. The first-order valence-corrected chi connectivity index (χ1v) is 11.2. The summed E-state index contributed by atoms with van der Waals surface area (Å²) in [6.07, 6.45) is 1.80. The molecule has 1 saturated carbocycles. The molecular formula is C26H24F2N4O. The maximum absolute atomic E-state index is 15.0. The van der Waals surface area contributed by atoms with E-state index in [1.807, 2.05) is 12.1 Å². The molecule has 0 spiro atoms. The summed E-state index contributed by atoms with van der Waals surface area (Å²) in [7, 11) is 2.14. The molecule has 7 heteroatoms. The van der Waals surface area contributed by atoms with Crippen molar-refractivity contribution >= 4 is 11.7 Å². The topological polar surface area (TPSA) is 71.2 Å². The maximum Gasteiger partial charge on any atom is 0.251 e. The summed E-state index contributed by atoms with van der Waals surface area (Å²) in [5.41, 5.74) is 10.1. The minimum atomic E-state index is -0.690. The summed E-state index contributed by atoms with van der Waals surface area (Å²) in [6, 6.07) is 12.4. The number of nitrogens with zero attached hydrogens (tertiary/aromatic N) is 2. The molecule has 168 valence electrons. The predicted molar refractivity (Wildman–Crippen MR) is 123 cm³/mol. The first-order chi connectivity index (χ1) is 15.9. The van der Waals surface area contributed by atoms with Crippen LogP contribution in [0.2, 0.25) is 0 Å². The highest BCUT2D eigenvalue weighted by atomic mass is 19.1. The van der Waals surface area contributed by atoms with Crippen LogP contribution in [0.5, 0.6) is 0 Å². The fraction of sp³-hybridized carbons (Fsp3) is 0.308. The molecule has 1 saturated heterocycles. The number of hydrogen-bond donors (Lipinski definition) is 2. The molecule has 1 aromatic heterocycles. The number of hydrogen-bond acceptors (Lipinski definition) is 4. The number of pyridine rings is 1. The van der Waals surface area contributed by atoms with Gasteiger partial charge in [-0.15, -0.1) is 0 Å². The molecule has 2 fully saturated rings. The van der Waals surface area contributed by atoms with E-state index in [2.05, 4.69) is 34.4 Å². The molecule has 0 radical (unpaired) electrons. The van der Waals surface area contributed by atoms with Crippen LogP contribution < -0.4 is 11.1 Å². The van der Waals surface area contributed by atoms with Crippen molar-refractivity contribution in [3.63, 3.8) is 0 Å². The highest BCUT2D eigenvalue weighted by Gasteiger charge is 2.59. The minimum absolute atomic E-state index is 0.0827. The molecule has 33 heavy (non-hydrogen) atoms. The fourth-order valence-electron chi connectivity index (χ4n) is 5.73. The average Bonchev–Trinajstić information content (AvgIpc) is 3.36. The lowest BCUT2D eigenvalue weighted by molar-refractivity contribution is 0.0945. The van der Waals surface area contributed by atoms with Crippen molar-refractivity contribution in [1.29, 1.82) is 0 Å². The van der Waals surface area contributed by atoms with Crippen LogP contribution in [0.3, 0.4) is 0 Å². The van der Waals surface area contributed by atoms with E-state index in [0.29, 0.717) is 35.6 Å². The first kappa shape index (κ1) is 20.3. The molecule has 3 aromatic rings. The lowest BCUT2D eigenvalue weighted by atomic mass is 9.91. The van der Waals surface area contributed by atoms with Crippen LogP contribution >= 0.6 is 0 Å². The number of fused-ring (bicyclic) bond motifs is 2. The quantitative estimate of drug-likeness (QED) is 0.601. The van der Waals surface area contributed by atoms with Crippen molar-refractivity contribution in [2.45, 2.75) is 18.3 Å². The van der Waals surface area contributed by atoms with Crippen LogP contribution in [0.1, 0.15) is 27.9 Å². The van der Waals surface area contributed by atoms with Crippen molar-refractivity contribution in [2.24, 2.45) is 5.92 Å². The largest absolute Gasteiger partial charge is 0.383 e. The fourth-order valence-corrected chi connectivity index (χ4v) is 5.73. The van der Waals surface area contributed by atoms with E-state index in [0.717, 1.165) is 18.7 Å². The first-order valence-electron chi connectivity index (χ1n) is 11.2. The number of anilines is 1. The number of benzene rings is 2. The Balaban J connectivity index is 1.39. The zero-order chi connectivity index (χ0) is 22.9. The van der Waals surface area contributed by atoms with Crippen molar-refractivity contribution in [3.05, 3.63) is 70.9 Å². The predicted octanol–water partition coefficient (Wildman–Crippen LogP) is 3.77. The van der Waals surface area contributed by atoms with Crippen LogP contribution in [0.25, 0.3) is 22.3 Å². The zero-order valence-corrected chi connectivity index (χ0v) is 18.3. The maximum atomic E-state index is 15.0. The van der Waals surface area contributed by atoms with Gasteiger partial charge in [-0.25, -0.2) is 9.37 Å². The average molecular weight is 447 g/mol. The third-order valence-corrected chi connectivity index (χ3v) is 7.50. The van der Waals surface area contributed by atoms with Gasteiger partial charge in [-0.1, -0.05) is 24.3 Å². The highest BCUT2D eigenvalue weighted by Crippen LogP contribution is 2.58. The molecule has 3 aliphatic rings. The Hall–Kier alpha value is -3.32. The summed E-state index contributed by atoms with van der Waals surface area (Å²) < 4.78 is 29.8. The van der Waals surface area contributed by atoms with Gasteiger partial charge in [0.05, 0.1) is 0 Å². The van der Waals surface area contributed by atoms with Crippen molar-refractivity contribution in [1.82, 2.24) is 15.2 Å². The molecule has 2 atom stereocenters. The van der Waals surface area contributed by atoms with Gasteiger partial charge in [-0.2, -0.15) is 4.39 Å². The normalized spacial score (nSPS) is 23.7. The van der Waals surface area contributed by atoms with Gasteiger partial charge in [0.15, 0.2) is 0 Å². The number of rotatable bonds is 3. The van der Waals surface area contributed by atoms with Gasteiger partial charge in [0.25, 0.3) is 5.91 Å². The van der Waals surface area contributed by atoms with E-state index in [-0.39, 0.29) is 28.3 Å². The second-order valence-corrected chi connectivity index (χ2v) is 9.59. The molecule has 3 N–H and O–H groups in total. The second kappa shape index (κ2) is 7.09. The van der Waals surface area contributed by atoms with Gasteiger partial charge in [0, 0.05) is 47.3 Å². The van der Waals surface area contributed by atoms with Crippen LogP contribution in [0.4, 0.5) is 14.6 Å². The van der Waals surface area contributed by atoms with Gasteiger partial charge in [0.2, 0.25) is 5.95 Å². The van der Waals surface area contributed by atoms with E-state index in [4.69, 9.17) is 5.73 Å². The Labute approximate surface area is 190 Å². The molecular weight excluding hydrogens is 422 g/mol. The number of nitrogens with two attached hydrogens (primary N) is 1. The van der Waals surface area contributed by atoms with Gasteiger partial charge >= 0.3 is 0 Å². The highest BCUT2D eigenvalue weighted by molar-refractivity contribution is 5.97. The van der Waals surface area contributed by atoms with Crippen LogP contribution in [-0.2, 0) is 11.8 Å². The number of amides is 1. The Kier molecular flexibility index (Phi) is 4.36. The van der Waals surface area contributed by atoms with Gasteiger partial charge in [-0.3, -0.25) is 4.79 Å². The zero-order valence-electron chi connectivity index (χ0n) is 18.3. The van der Waals surface area contributed by atoms with E-state index in [1.165, 1.54) is 18.1 Å². The smallest absolute Gasteiger partial charge is 0.251 e. The minimum Gasteiger partial charge on any atom is -0.383 e. The van der Waals surface area contributed by atoms with E-state index < -0.39 is 11.8 Å². The van der Waals surface area contributed by atoms with Crippen LogP contribution in [0, 0.1) is 17.7 Å². The molecule has 0 bridgehead atoms. The Morgan fingerprint density at radius 3 is 2.61 bits per heavy atom. The van der Waals surface area contributed by atoms with Crippen molar-refractivity contribution in [3.8, 4) is 22.3 Å². The number of nitrogen functional groups attached to an aromatic ring is 1. The molecule has 2 aromatic carbocycles. The molecule has 1 amide bonds. The number of likely N-dealkylation sites (N-methyl/N-ethyl adjacent to an activating group) is 1. The number of piperidine rings is 1. The van der Waals surface area contributed by atoms with Crippen LogP contribution in [-0.4, -0.2) is 42.5 Å². The third-order valence-electron chi connectivity index (χ3n) is 7.50. The Morgan fingerprint density at radius 2 is 1.88 bits per heavy atom. The summed E-state index contributed by atoms with van der Waals surface area (Å²) >= 11 is 0. The molecule has 5 nitrogen and oxygen atoms in total. The van der Waals surface area contributed by atoms with Crippen LogP contribution in [0.15, 0.2) is 42.5 Å². The van der Waals surface area contributed by atoms with E-state index in [1.54, 1.807) is 12.1 Å². The SMILES string of the molecule is CN1C[C@H]2C[C@@]2(c2ccc(-c3cc(-c4cc5c(cc4F)C(=O)NCC5)c(N)nc3F)cc2)C1. The number of likely N-dealkylation sites (tertiary alicyclic amines) is 1. The van der Waals surface area contributed by atoms with E-state index >= 15 is 0 Å². The molecule has 3 heterocycles. The summed E-state index contributed by atoms with van der Waals surface area (Å²) in [4.78, 5) is 18.3. The summed E-state index contributed by atoms with van der Waals surface area (Å²) in [5, 5.41) is 2.71. The second-order valence-electron chi connectivity index (χ2n) is 9.59. The van der Waals surface area contributed by atoms with Gasteiger partial charge in [-0.05, 0) is 60.7 Å². The van der Waals surface area contributed by atoms with Crippen molar-refractivity contribution in [2.75, 3.05) is 32.4 Å². The Morgan fingerprint density at radius 1 is 1.09 bits per heavy atom. The molecule has 1 aliphatic carbocycles. The number of carbonyl (C=O) groups is 1. The van der Waals surface area contributed by atoms with Gasteiger partial charge in [0.1, 0.15) is 11.6 Å². The number of aromatic nitrogens is 1. The van der Waals surface area contributed by atoms with Gasteiger partial charge < -0.3 is 16.0 Å². The molecule has 6 rings (SSSR count). The Bertz CT molecular complexity index is 1310. The summed E-state index contributed by atoms with van der Waals surface area (Å²) in [6.45, 7) is 2.66. The monoisotopic (exact) mass is 446 g/mol. The molecule has 2 aliphatic heterocycles. The summed E-state index contributed by atoms with van der Waals surface area (Å²) in [5.74, 6) is -0.954. The van der Waals surface area contributed by atoms with Crippen molar-refractivity contribution < 1.29 is 13.6 Å². The third kappa shape index (κ3) is 3.14. The molecule has 0 unspecified atom stereocenters. The lowest BCUT2D eigenvalue weighted by Gasteiger charge is -2.19. The lowest BCUT2D eigenvalue weighted by Crippen LogP contribution is -2.32. The standard InChI is InChI=1S/C26H24F2N4O/c1-32-12-17-11-26(17,13-32)16-4-2-14(3-5-16)18-9-21(24(29)31-23(18)28)20-8-15-6-7-30-25(33)19(15)10-22(20)27/h2-5,8-10,17H,6-7,11-13H2,1H3,(H2,29,31)(H,30,33)/t17-,26+/m1/s1.